The van der Waals surface area contributed by atoms with E-state index in [-0.39, 0.29) is 0 Å². The van der Waals surface area contributed by atoms with E-state index in [1.807, 2.05) is 12.1 Å². The molecule has 0 saturated heterocycles. The monoisotopic (exact) mass is 261 g/mol. The van der Waals surface area contributed by atoms with E-state index < -0.39 is 0 Å². The Morgan fingerprint density at radius 3 is 2.47 bits per heavy atom. The topological polar surface area (TPSA) is 21.3 Å². The van der Waals surface area contributed by atoms with Crippen molar-refractivity contribution < 1.29 is 4.74 Å². The Morgan fingerprint density at radius 2 is 1.79 bits per heavy atom. The van der Waals surface area contributed by atoms with E-state index in [0.717, 1.165) is 11.7 Å². The Morgan fingerprint density at radius 1 is 1.11 bits per heavy atom. The second-order valence-electron chi connectivity index (χ2n) is 5.82. The molecule has 0 aliphatic heterocycles. The standard InChI is InChI=1S/C17H27NO/c1-13(15-9-5-4-6-10-15)18-14(2)16-11-7-8-12-17(16)19-3/h7-8,11-15,18H,4-6,9-10H2,1-3H3/t13-,14?/m1/s1. The SMILES string of the molecule is COc1ccccc1C(C)N[C@H](C)C1CCCCC1. The van der Waals surface area contributed by atoms with Crippen LogP contribution in [-0.2, 0) is 0 Å². The number of rotatable bonds is 5. The van der Waals surface area contributed by atoms with Crippen LogP contribution in [0.15, 0.2) is 24.3 Å². The van der Waals surface area contributed by atoms with Crippen molar-refractivity contribution in [3.63, 3.8) is 0 Å². The molecular formula is C17H27NO. The Balaban J connectivity index is 1.97. The van der Waals surface area contributed by atoms with E-state index in [9.17, 15) is 0 Å². The van der Waals surface area contributed by atoms with Crippen molar-refractivity contribution in [3.8, 4) is 5.75 Å². The zero-order valence-corrected chi connectivity index (χ0v) is 12.5. The fourth-order valence-electron chi connectivity index (χ4n) is 3.28. The van der Waals surface area contributed by atoms with Crippen LogP contribution in [0, 0.1) is 5.92 Å². The predicted octanol–water partition coefficient (Wildman–Crippen LogP) is 4.31. The molecular weight excluding hydrogens is 234 g/mol. The van der Waals surface area contributed by atoms with Gasteiger partial charge in [-0.15, -0.1) is 0 Å². The highest BCUT2D eigenvalue weighted by atomic mass is 16.5. The summed E-state index contributed by atoms with van der Waals surface area (Å²) >= 11 is 0. The summed E-state index contributed by atoms with van der Waals surface area (Å²) in [4.78, 5) is 0. The number of hydrogen-bond donors (Lipinski definition) is 1. The number of benzene rings is 1. The Kier molecular flexibility index (Phi) is 5.26. The maximum atomic E-state index is 5.45. The summed E-state index contributed by atoms with van der Waals surface area (Å²) in [7, 11) is 1.75. The van der Waals surface area contributed by atoms with E-state index in [2.05, 4.69) is 31.3 Å². The van der Waals surface area contributed by atoms with Crippen molar-refractivity contribution in [3.05, 3.63) is 29.8 Å². The predicted molar refractivity (Wildman–Crippen MR) is 80.6 cm³/mol. The highest BCUT2D eigenvalue weighted by molar-refractivity contribution is 5.35. The van der Waals surface area contributed by atoms with E-state index in [4.69, 9.17) is 4.74 Å². The Bertz CT molecular complexity index is 385. The van der Waals surface area contributed by atoms with Gasteiger partial charge in [0.2, 0.25) is 0 Å². The van der Waals surface area contributed by atoms with Crippen LogP contribution in [0.2, 0.25) is 0 Å². The molecule has 1 fully saturated rings. The first kappa shape index (κ1) is 14.4. The average Bonchev–Trinajstić information content (AvgIpc) is 2.48. The lowest BCUT2D eigenvalue weighted by molar-refractivity contribution is 0.266. The molecule has 1 unspecified atom stereocenters. The highest BCUT2D eigenvalue weighted by Crippen LogP contribution is 2.29. The van der Waals surface area contributed by atoms with Crippen LogP contribution in [0.25, 0.3) is 0 Å². The quantitative estimate of drug-likeness (QED) is 0.852. The summed E-state index contributed by atoms with van der Waals surface area (Å²) in [5.74, 6) is 1.82. The molecule has 0 aromatic heterocycles. The molecule has 106 valence electrons. The summed E-state index contributed by atoms with van der Waals surface area (Å²) in [6.07, 6.45) is 6.99. The first-order valence-corrected chi connectivity index (χ1v) is 7.61. The molecule has 2 rings (SSSR count). The lowest BCUT2D eigenvalue weighted by Crippen LogP contribution is -2.36. The third-order valence-electron chi connectivity index (χ3n) is 4.48. The molecule has 0 bridgehead atoms. The lowest BCUT2D eigenvalue weighted by Gasteiger charge is -2.31. The first-order chi connectivity index (χ1) is 9.22. The third-order valence-corrected chi connectivity index (χ3v) is 4.48. The van der Waals surface area contributed by atoms with Gasteiger partial charge in [-0.1, -0.05) is 37.5 Å². The molecule has 0 spiro atoms. The molecule has 2 atom stereocenters. The van der Waals surface area contributed by atoms with Gasteiger partial charge in [0.1, 0.15) is 5.75 Å². The zero-order chi connectivity index (χ0) is 13.7. The molecule has 0 radical (unpaired) electrons. The normalized spacial score (nSPS) is 19.9. The minimum absolute atomic E-state index is 0.341. The lowest BCUT2D eigenvalue weighted by atomic mass is 9.84. The van der Waals surface area contributed by atoms with Gasteiger partial charge >= 0.3 is 0 Å². The van der Waals surface area contributed by atoms with Gasteiger partial charge in [0.25, 0.3) is 0 Å². The number of methoxy groups -OCH3 is 1. The van der Waals surface area contributed by atoms with Crippen LogP contribution in [0.3, 0.4) is 0 Å². The van der Waals surface area contributed by atoms with E-state index in [1.54, 1.807) is 7.11 Å². The minimum Gasteiger partial charge on any atom is -0.496 e. The number of nitrogens with one attached hydrogen (secondary N) is 1. The van der Waals surface area contributed by atoms with Crippen LogP contribution in [0.1, 0.15) is 57.6 Å². The van der Waals surface area contributed by atoms with Crippen LogP contribution in [0.5, 0.6) is 5.75 Å². The third kappa shape index (κ3) is 3.73. The minimum atomic E-state index is 0.341. The molecule has 2 nitrogen and oxygen atoms in total. The number of hydrogen-bond acceptors (Lipinski definition) is 2. The fourth-order valence-corrected chi connectivity index (χ4v) is 3.28. The van der Waals surface area contributed by atoms with Gasteiger partial charge in [-0.2, -0.15) is 0 Å². The van der Waals surface area contributed by atoms with Crippen LogP contribution < -0.4 is 10.1 Å². The van der Waals surface area contributed by atoms with E-state index in [0.29, 0.717) is 12.1 Å². The second kappa shape index (κ2) is 6.95. The Hall–Kier alpha value is -1.02. The first-order valence-electron chi connectivity index (χ1n) is 7.61. The van der Waals surface area contributed by atoms with Crippen molar-refractivity contribution in [2.45, 2.75) is 58.0 Å². The van der Waals surface area contributed by atoms with Crippen molar-refractivity contribution in [1.82, 2.24) is 5.32 Å². The van der Waals surface area contributed by atoms with Crippen LogP contribution >= 0.6 is 0 Å². The van der Waals surface area contributed by atoms with Gasteiger partial charge in [-0.3, -0.25) is 0 Å². The van der Waals surface area contributed by atoms with Gasteiger partial charge in [-0.05, 0) is 38.7 Å². The van der Waals surface area contributed by atoms with Crippen molar-refractivity contribution in [2.75, 3.05) is 7.11 Å². The largest absolute Gasteiger partial charge is 0.496 e. The van der Waals surface area contributed by atoms with Crippen molar-refractivity contribution in [2.24, 2.45) is 5.92 Å². The Labute approximate surface area is 117 Å². The van der Waals surface area contributed by atoms with Crippen LogP contribution in [0.4, 0.5) is 0 Å². The van der Waals surface area contributed by atoms with Crippen LogP contribution in [-0.4, -0.2) is 13.2 Å². The van der Waals surface area contributed by atoms with Gasteiger partial charge < -0.3 is 10.1 Å². The highest BCUT2D eigenvalue weighted by Gasteiger charge is 2.22. The number of para-hydroxylation sites is 1. The molecule has 0 heterocycles. The molecule has 0 amide bonds. The van der Waals surface area contributed by atoms with Crippen molar-refractivity contribution >= 4 is 0 Å². The smallest absolute Gasteiger partial charge is 0.123 e. The summed E-state index contributed by atoms with van der Waals surface area (Å²) in [6, 6.07) is 9.23. The van der Waals surface area contributed by atoms with E-state index >= 15 is 0 Å². The van der Waals surface area contributed by atoms with Gasteiger partial charge in [0, 0.05) is 17.6 Å². The second-order valence-corrected chi connectivity index (χ2v) is 5.82. The number of ether oxygens (including phenoxy) is 1. The molecule has 1 N–H and O–H groups in total. The molecule has 1 aliphatic rings. The molecule has 2 heteroatoms. The molecule has 1 aromatic rings. The molecule has 1 aliphatic carbocycles. The average molecular weight is 261 g/mol. The maximum Gasteiger partial charge on any atom is 0.123 e. The van der Waals surface area contributed by atoms with Gasteiger partial charge in [0.05, 0.1) is 7.11 Å². The fraction of sp³-hybridized carbons (Fsp3) is 0.647. The summed E-state index contributed by atoms with van der Waals surface area (Å²) < 4.78 is 5.45. The van der Waals surface area contributed by atoms with Gasteiger partial charge in [0.15, 0.2) is 0 Å². The molecule has 1 saturated carbocycles. The summed E-state index contributed by atoms with van der Waals surface area (Å²) in [5, 5.41) is 3.76. The van der Waals surface area contributed by atoms with E-state index in [1.165, 1.54) is 37.7 Å². The maximum absolute atomic E-state index is 5.45. The summed E-state index contributed by atoms with van der Waals surface area (Å²) in [5.41, 5.74) is 1.26. The summed E-state index contributed by atoms with van der Waals surface area (Å²) in [6.45, 7) is 4.57. The van der Waals surface area contributed by atoms with Crippen molar-refractivity contribution in [1.29, 1.82) is 0 Å². The molecule has 1 aromatic carbocycles. The van der Waals surface area contributed by atoms with Gasteiger partial charge in [-0.25, -0.2) is 0 Å². The zero-order valence-electron chi connectivity index (χ0n) is 12.5. The molecule has 19 heavy (non-hydrogen) atoms.